The van der Waals surface area contributed by atoms with E-state index in [-0.39, 0.29) is 11.3 Å². The Kier molecular flexibility index (Phi) is 7.55. The molecule has 0 bridgehead atoms. The normalized spacial score (nSPS) is 10.5. The third kappa shape index (κ3) is 6.27. The van der Waals surface area contributed by atoms with Crippen molar-refractivity contribution in [2.45, 2.75) is 6.92 Å². The van der Waals surface area contributed by atoms with E-state index >= 15 is 0 Å². The number of esters is 2. The molecule has 0 aliphatic rings. The Bertz CT molecular complexity index is 1210. The Morgan fingerprint density at radius 3 is 1.94 bits per heavy atom. The molecule has 0 fully saturated rings. The number of carbonyl (C=O) groups excluding carboxylic acids is 2. The van der Waals surface area contributed by atoms with Crippen molar-refractivity contribution in [1.29, 1.82) is 0 Å². The van der Waals surface area contributed by atoms with Gasteiger partial charge in [0.1, 0.15) is 18.3 Å². The van der Waals surface area contributed by atoms with E-state index in [2.05, 4.69) is 17.9 Å². The SMILES string of the molecule is C=CC(=O)OC=COc1ccc(-c2ccc(-c3ccc(OC(=O)C(=C)C)c(F)c3)cc2)cc1. The lowest BCUT2D eigenvalue weighted by molar-refractivity contribution is -0.132. The van der Waals surface area contributed by atoms with E-state index in [4.69, 9.17) is 9.47 Å². The number of rotatable bonds is 8. The van der Waals surface area contributed by atoms with Gasteiger partial charge in [-0.3, -0.25) is 0 Å². The van der Waals surface area contributed by atoms with Gasteiger partial charge < -0.3 is 14.2 Å². The third-order valence-corrected chi connectivity index (χ3v) is 4.50. The Hall–Kier alpha value is -4.45. The Balaban J connectivity index is 1.67. The van der Waals surface area contributed by atoms with Gasteiger partial charge in [-0.1, -0.05) is 55.6 Å². The average molecular weight is 444 g/mol. The third-order valence-electron chi connectivity index (χ3n) is 4.50. The maximum atomic E-state index is 14.4. The fourth-order valence-electron chi connectivity index (χ4n) is 2.78. The van der Waals surface area contributed by atoms with Gasteiger partial charge in [0.25, 0.3) is 0 Å². The van der Waals surface area contributed by atoms with Crippen LogP contribution in [0.15, 0.2) is 104 Å². The minimum atomic E-state index is -0.672. The number of ether oxygens (including phenoxy) is 3. The molecule has 3 rings (SSSR count). The molecule has 0 atom stereocenters. The predicted octanol–water partition coefficient (Wildman–Crippen LogP) is 6.22. The summed E-state index contributed by atoms with van der Waals surface area (Å²) < 4.78 is 29.4. The molecule has 166 valence electrons. The van der Waals surface area contributed by atoms with E-state index < -0.39 is 17.8 Å². The second-order valence-corrected chi connectivity index (χ2v) is 6.95. The molecule has 0 saturated heterocycles. The summed E-state index contributed by atoms with van der Waals surface area (Å²) in [5, 5.41) is 0. The molecule has 3 aromatic rings. The zero-order valence-corrected chi connectivity index (χ0v) is 17.9. The van der Waals surface area contributed by atoms with Crippen LogP contribution in [0, 0.1) is 5.82 Å². The molecule has 0 aliphatic heterocycles. The van der Waals surface area contributed by atoms with Gasteiger partial charge in [0.05, 0.1) is 0 Å². The number of halogens is 1. The van der Waals surface area contributed by atoms with Crippen molar-refractivity contribution in [2.75, 3.05) is 0 Å². The number of carbonyl (C=O) groups is 2. The minimum absolute atomic E-state index is 0.139. The number of hydrogen-bond acceptors (Lipinski definition) is 5. The van der Waals surface area contributed by atoms with Crippen LogP contribution in [0.1, 0.15) is 6.92 Å². The van der Waals surface area contributed by atoms with Crippen molar-refractivity contribution in [3.05, 3.63) is 110 Å². The van der Waals surface area contributed by atoms with Crippen molar-refractivity contribution in [3.63, 3.8) is 0 Å². The van der Waals surface area contributed by atoms with Gasteiger partial charge in [0.15, 0.2) is 11.6 Å². The maximum absolute atomic E-state index is 14.4. The first-order valence-corrected chi connectivity index (χ1v) is 9.90. The first-order chi connectivity index (χ1) is 15.9. The summed E-state index contributed by atoms with van der Waals surface area (Å²) in [6.07, 6.45) is 3.45. The predicted molar refractivity (Wildman–Crippen MR) is 124 cm³/mol. The summed E-state index contributed by atoms with van der Waals surface area (Å²) in [7, 11) is 0. The van der Waals surface area contributed by atoms with Gasteiger partial charge in [0.2, 0.25) is 0 Å². The molecule has 0 N–H and O–H groups in total. The molecule has 0 amide bonds. The molecule has 0 saturated carbocycles. The van der Waals surface area contributed by atoms with E-state index in [9.17, 15) is 14.0 Å². The highest BCUT2D eigenvalue weighted by Crippen LogP contribution is 2.29. The van der Waals surface area contributed by atoms with Crippen LogP contribution in [-0.2, 0) is 14.3 Å². The van der Waals surface area contributed by atoms with Crippen LogP contribution in [-0.4, -0.2) is 11.9 Å². The van der Waals surface area contributed by atoms with Crippen LogP contribution in [0.4, 0.5) is 4.39 Å². The van der Waals surface area contributed by atoms with Crippen LogP contribution in [0.3, 0.4) is 0 Å². The van der Waals surface area contributed by atoms with Gasteiger partial charge in [0, 0.05) is 11.6 Å². The Morgan fingerprint density at radius 1 is 0.848 bits per heavy atom. The molecule has 0 aromatic heterocycles. The van der Waals surface area contributed by atoms with E-state index in [0.717, 1.165) is 29.0 Å². The molecule has 0 heterocycles. The second kappa shape index (κ2) is 10.7. The molecule has 3 aromatic carbocycles. The molecular weight excluding hydrogens is 423 g/mol. The highest BCUT2D eigenvalue weighted by Gasteiger charge is 2.11. The fourth-order valence-corrected chi connectivity index (χ4v) is 2.78. The molecular formula is C27H21FO5. The lowest BCUT2D eigenvalue weighted by Gasteiger charge is -2.09. The van der Waals surface area contributed by atoms with Gasteiger partial charge in [-0.2, -0.15) is 0 Å². The fraction of sp³-hybridized carbons (Fsp3) is 0.0370. The van der Waals surface area contributed by atoms with Gasteiger partial charge in [-0.05, 0) is 53.4 Å². The topological polar surface area (TPSA) is 61.8 Å². The summed E-state index contributed by atoms with van der Waals surface area (Å²) >= 11 is 0. The summed E-state index contributed by atoms with van der Waals surface area (Å²) in [6, 6.07) is 19.4. The molecule has 5 nitrogen and oxygen atoms in total. The highest BCUT2D eigenvalue weighted by atomic mass is 19.1. The van der Waals surface area contributed by atoms with Crippen molar-refractivity contribution in [3.8, 4) is 33.8 Å². The quantitative estimate of drug-likeness (QED) is 0.179. The van der Waals surface area contributed by atoms with Gasteiger partial charge in [-0.25, -0.2) is 14.0 Å². The monoisotopic (exact) mass is 444 g/mol. The maximum Gasteiger partial charge on any atom is 0.338 e. The van der Waals surface area contributed by atoms with E-state index in [1.165, 1.54) is 25.3 Å². The van der Waals surface area contributed by atoms with E-state index in [1.807, 2.05) is 36.4 Å². The summed E-state index contributed by atoms with van der Waals surface area (Å²) in [5.41, 5.74) is 3.59. The van der Waals surface area contributed by atoms with Crippen molar-refractivity contribution in [1.82, 2.24) is 0 Å². The van der Waals surface area contributed by atoms with Crippen LogP contribution in [0.5, 0.6) is 11.5 Å². The van der Waals surface area contributed by atoms with Crippen molar-refractivity contribution in [2.24, 2.45) is 0 Å². The lowest BCUT2D eigenvalue weighted by Crippen LogP contribution is -2.09. The minimum Gasteiger partial charge on any atom is -0.462 e. The highest BCUT2D eigenvalue weighted by molar-refractivity contribution is 5.89. The molecule has 6 heteroatoms. The smallest absolute Gasteiger partial charge is 0.338 e. The summed E-state index contributed by atoms with van der Waals surface area (Å²) in [4.78, 5) is 22.5. The summed E-state index contributed by atoms with van der Waals surface area (Å²) in [6.45, 7) is 8.28. The average Bonchev–Trinajstić information content (AvgIpc) is 2.83. The zero-order chi connectivity index (χ0) is 23.8. The molecule has 0 unspecified atom stereocenters. The van der Waals surface area contributed by atoms with Crippen LogP contribution in [0.25, 0.3) is 22.3 Å². The Labute approximate surface area is 191 Å². The van der Waals surface area contributed by atoms with Crippen LogP contribution >= 0.6 is 0 Å². The van der Waals surface area contributed by atoms with Gasteiger partial charge in [-0.15, -0.1) is 0 Å². The number of hydrogen-bond donors (Lipinski definition) is 0. The molecule has 33 heavy (non-hydrogen) atoms. The molecule has 0 aliphatic carbocycles. The van der Waals surface area contributed by atoms with Gasteiger partial charge >= 0.3 is 11.9 Å². The van der Waals surface area contributed by atoms with Crippen molar-refractivity contribution < 1.29 is 28.2 Å². The van der Waals surface area contributed by atoms with E-state index in [1.54, 1.807) is 18.2 Å². The number of benzene rings is 3. The van der Waals surface area contributed by atoms with Crippen molar-refractivity contribution >= 4 is 11.9 Å². The first-order valence-electron chi connectivity index (χ1n) is 9.90. The molecule has 0 radical (unpaired) electrons. The van der Waals surface area contributed by atoms with E-state index in [0.29, 0.717) is 11.3 Å². The molecule has 0 spiro atoms. The largest absolute Gasteiger partial charge is 0.462 e. The van der Waals surface area contributed by atoms with Crippen LogP contribution < -0.4 is 9.47 Å². The standard InChI is InChI=1S/C27H21FO5/c1-4-26(29)32-16-15-31-23-12-9-20(10-13-23)19-5-7-21(8-6-19)22-11-14-25(24(28)17-22)33-27(30)18(2)3/h4-17H,1-2H2,3H3. The second-order valence-electron chi connectivity index (χ2n) is 6.95. The van der Waals surface area contributed by atoms with Crippen LogP contribution in [0.2, 0.25) is 0 Å². The first kappa shape index (κ1) is 23.2. The Morgan fingerprint density at radius 2 is 1.39 bits per heavy atom. The lowest BCUT2D eigenvalue weighted by atomic mass is 10.00. The zero-order valence-electron chi connectivity index (χ0n) is 17.9. The summed E-state index contributed by atoms with van der Waals surface area (Å²) in [5.74, 6) is -1.44.